The highest BCUT2D eigenvalue weighted by atomic mass is 31.2. The number of ether oxygens (including phenoxy) is 2. The van der Waals surface area contributed by atoms with Crippen molar-refractivity contribution in [1.29, 1.82) is 0 Å². The van der Waals surface area contributed by atoms with Gasteiger partial charge in [0, 0.05) is 12.8 Å². The van der Waals surface area contributed by atoms with E-state index in [-0.39, 0.29) is 25.6 Å². The summed E-state index contributed by atoms with van der Waals surface area (Å²) in [5.41, 5.74) is 0. The first-order valence-corrected chi connectivity index (χ1v) is 22.3. The Morgan fingerprint density at radius 3 is 1.28 bits per heavy atom. The van der Waals surface area contributed by atoms with Gasteiger partial charge in [0.1, 0.15) is 19.8 Å². The summed E-state index contributed by atoms with van der Waals surface area (Å²) in [4.78, 5) is 35.1. The molecule has 0 spiro atoms. The maximum Gasteiger partial charge on any atom is 0.472 e. The summed E-state index contributed by atoms with van der Waals surface area (Å²) in [6.07, 6.45) is 31.6. The van der Waals surface area contributed by atoms with Crippen LogP contribution in [0.3, 0.4) is 0 Å². The van der Waals surface area contributed by atoms with E-state index in [1.54, 1.807) is 0 Å². The summed E-state index contributed by atoms with van der Waals surface area (Å²) >= 11 is 0. The van der Waals surface area contributed by atoms with Gasteiger partial charge in [0.25, 0.3) is 0 Å². The molecule has 298 valence electrons. The minimum absolute atomic E-state index is 0.0364. The first-order chi connectivity index (χ1) is 24.0. The summed E-state index contributed by atoms with van der Waals surface area (Å²) in [5.74, 6) is -0.792. The third-order valence-electron chi connectivity index (χ3n) is 9.14. The van der Waals surface area contributed by atoms with Crippen molar-refractivity contribution >= 4 is 19.8 Å². The second kappa shape index (κ2) is 33.8. The third-order valence-corrected chi connectivity index (χ3v) is 10.1. The van der Waals surface area contributed by atoms with Gasteiger partial charge in [-0.25, -0.2) is 4.57 Å². The van der Waals surface area contributed by atoms with Gasteiger partial charge < -0.3 is 18.9 Å². The number of carbonyl (C=O) groups excluding carboxylic acids is 2. The zero-order valence-electron chi connectivity index (χ0n) is 33.4. The molecule has 0 aromatic heterocycles. The van der Waals surface area contributed by atoms with E-state index in [0.29, 0.717) is 17.4 Å². The van der Waals surface area contributed by atoms with Gasteiger partial charge in [0.2, 0.25) is 0 Å². The van der Waals surface area contributed by atoms with Crippen molar-refractivity contribution in [2.24, 2.45) is 0 Å². The molecule has 2 atom stereocenters. The van der Waals surface area contributed by atoms with Crippen LogP contribution in [0.1, 0.15) is 194 Å². The lowest BCUT2D eigenvalue weighted by atomic mass is 10.0. The lowest BCUT2D eigenvalue weighted by Crippen LogP contribution is -2.37. The van der Waals surface area contributed by atoms with Gasteiger partial charge in [-0.05, 0) is 12.8 Å². The lowest BCUT2D eigenvalue weighted by Gasteiger charge is -2.24. The van der Waals surface area contributed by atoms with Crippen molar-refractivity contribution < 1.29 is 42.1 Å². The highest BCUT2D eigenvalue weighted by Gasteiger charge is 2.27. The van der Waals surface area contributed by atoms with Crippen LogP contribution in [0.4, 0.5) is 0 Å². The van der Waals surface area contributed by atoms with Crippen molar-refractivity contribution in [2.45, 2.75) is 200 Å². The van der Waals surface area contributed by atoms with E-state index < -0.39 is 26.5 Å². The Morgan fingerprint density at radius 2 is 0.900 bits per heavy atom. The molecule has 0 radical (unpaired) electrons. The number of hydrogen-bond acceptors (Lipinski definition) is 7. The van der Waals surface area contributed by atoms with Crippen LogP contribution < -0.4 is 0 Å². The molecule has 0 saturated heterocycles. The molecule has 0 fully saturated rings. The molecule has 0 bridgehead atoms. The van der Waals surface area contributed by atoms with Crippen LogP contribution in [0.25, 0.3) is 0 Å². The minimum atomic E-state index is -4.36. The van der Waals surface area contributed by atoms with Gasteiger partial charge in [0.15, 0.2) is 6.10 Å². The van der Waals surface area contributed by atoms with E-state index >= 15 is 0 Å². The molecule has 10 heteroatoms. The fraction of sp³-hybridized carbons (Fsp3) is 0.950. The van der Waals surface area contributed by atoms with Crippen molar-refractivity contribution in [3.63, 3.8) is 0 Å². The molecular weight excluding hydrogens is 653 g/mol. The van der Waals surface area contributed by atoms with E-state index in [9.17, 15) is 19.0 Å². The summed E-state index contributed by atoms with van der Waals surface area (Å²) in [7, 11) is 1.49. The van der Waals surface area contributed by atoms with Crippen LogP contribution in [0, 0.1) is 0 Å². The van der Waals surface area contributed by atoms with Gasteiger partial charge in [0.05, 0.1) is 27.7 Å². The number of phosphoric acid groups is 1. The maximum atomic E-state index is 12.6. The largest absolute Gasteiger partial charge is 0.472 e. The standard InChI is InChI=1S/C40H80NO8P/c1-6-8-10-12-14-16-17-18-19-20-21-22-23-24-25-27-29-31-33-40(43)49-38(37-48-50(44,45)47-35-34-41(3,4)5)36-46-39(42)32-30-28-26-15-13-11-9-7-2/h38H,6-37H2,1-5H3/p+1. The number of carbonyl (C=O) groups is 2. The zero-order chi connectivity index (χ0) is 37.2. The Labute approximate surface area is 308 Å². The van der Waals surface area contributed by atoms with Crippen molar-refractivity contribution in [3.8, 4) is 0 Å². The molecule has 0 amide bonds. The number of hydrogen-bond donors (Lipinski definition) is 1. The van der Waals surface area contributed by atoms with Crippen LogP contribution >= 0.6 is 7.82 Å². The molecule has 2 unspecified atom stereocenters. The Kier molecular flexibility index (Phi) is 33.2. The predicted molar refractivity (Wildman–Crippen MR) is 206 cm³/mol. The highest BCUT2D eigenvalue weighted by Crippen LogP contribution is 2.43. The fourth-order valence-electron chi connectivity index (χ4n) is 5.84. The van der Waals surface area contributed by atoms with Crippen LogP contribution in [0.2, 0.25) is 0 Å². The number of esters is 2. The van der Waals surface area contributed by atoms with Gasteiger partial charge >= 0.3 is 19.8 Å². The second-order valence-corrected chi connectivity index (χ2v) is 16.8. The van der Waals surface area contributed by atoms with Crippen molar-refractivity contribution in [3.05, 3.63) is 0 Å². The van der Waals surface area contributed by atoms with E-state index in [4.69, 9.17) is 18.5 Å². The summed E-state index contributed by atoms with van der Waals surface area (Å²) < 4.78 is 34.2. The van der Waals surface area contributed by atoms with Crippen molar-refractivity contribution in [1.82, 2.24) is 0 Å². The quantitative estimate of drug-likeness (QED) is 0.0289. The molecular formula is C40H81NO8P+. The lowest BCUT2D eigenvalue weighted by molar-refractivity contribution is -0.870. The minimum Gasteiger partial charge on any atom is -0.462 e. The van der Waals surface area contributed by atoms with Crippen molar-refractivity contribution in [2.75, 3.05) is 47.5 Å². The van der Waals surface area contributed by atoms with Gasteiger partial charge in [-0.2, -0.15) is 0 Å². The van der Waals surface area contributed by atoms with Crippen LogP contribution in [0.15, 0.2) is 0 Å². The number of unbranched alkanes of at least 4 members (excludes halogenated alkanes) is 24. The average molecular weight is 735 g/mol. The monoisotopic (exact) mass is 735 g/mol. The van der Waals surface area contributed by atoms with E-state index in [1.165, 1.54) is 128 Å². The third kappa shape index (κ3) is 36.8. The van der Waals surface area contributed by atoms with Crippen LogP contribution in [0.5, 0.6) is 0 Å². The maximum absolute atomic E-state index is 12.6. The SMILES string of the molecule is CCCCCCCCCCCCCCCCCCCCC(=O)OC(COC(=O)CCCCCCCCCC)COP(=O)(O)OCC[N+](C)(C)C. The molecule has 9 nitrogen and oxygen atoms in total. The molecule has 0 rings (SSSR count). The topological polar surface area (TPSA) is 108 Å². The summed E-state index contributed by atoms with van der Waals surface area (Å²) in [6.45, 7) is 4.41. The molecule has 1 N–H and O–H groups in total. The van der Waals surface area contributed by atoms with Gasteiger partial charge in [-0.15, -0.1) is 0 Å². The number of rotatable bonds is 38. The molecule has 0 heterocycles. The van der Waals surface area contributed by atoms with Gasteiger partial charge in [-0.1, -0.05) is 168 Å². The molecule has 0 aliphatic carbocycles. The normalized spacial score (nSPS) is 13.6. The Bertz CT molecular complexity index is 835. The molecule has 0 saturated carbocycles. The summed E-state index contributed by atoms with van der Waals surface area (Å²) in [5, 5.41) is 0. The average Bonchev–Trinajstić information content (AvgIpc) is 3.06. The van der Waals surface area contributed by atoms with Gasteiger partial charge in [-0.3, -0.25) is 18.6 Å². The summed E-state index contributed by atoms with van der Waals surface area (Å²) in [6, 6.07) is 0. The molecule has 0 aromatic rings. The molecule has 50 heavy (non-hydrogen) atoms. The Hall–Kier alpha value is -0.990. The first-order valence-electron chi connectivity index (χ1n) is 20.8. The number of likely N-dealkylation sites (N-methyl/N-ethyl adjacent to an activating group) is 1. The van der Waals surface area contributed by atoms with Crippen LogP contribution in [-0.4, -0.2) is 74.9 Å². The second-order valence-electron chi connectivity index (χ2n) is 15.4. The Balaban J connectivity index is 4.26. The predicted octanol–water partition coefficient (Wildman–Crippen LogP) is 11.2. The van der Waals surface area contributed by atoms with E-state index in [1.807, 2.05) is 21.1 Å². The number of phosphoric ester groups is 1. The molecule has 0 aliphatic rings. The molecule has 0 aromatic carbocycles. The molecule has 0 aliphatic heterocycles. The number of quaternary nitrogens is 1. The fourth-order valence-corrected chi connectivity index (χ4v) is 6.58. The van der Waals surface area contributed by atoms with Crippen LogP contribution in [-0.2, 0) is 32.7 Å². The Morgan fingerprint density at radius 1 is 0.540 bits per heavy atom. The zero-order valence-corrected chi connectivity index (χ0v) is 34.3. The first kappa shape index (κ1) is 49.0. The smallest absolute Gasteiger partial charge is 0.462 e. The van der Waals surface area contributed by atoms with E-state index in [2.05, 4.69) is 13.8 Å². The number of nitrogens with zero attached hydrogens (tertiary/aromatic N) is 1. The highest BCUT2D eigenvalue weighted by molar-refractivity contribution is 7.47. The van der Waals surface area contributed by atoms with E-state index in [0.717, 1.165) is 38.5 Å².